The molecular weight excluding hydrogens is 260 g/mol. The third kappa shape index (κ3) is 5.22. The number of carboxylic acid groups (broad SMARTS) is 1. The number of hydrogen-bond acceptors (Lipinski definition) is 2. The van der Waals surface area contributed by atoms with Crippen molar-refractivity contribution in [1.29, 1.82) is 0 Å². The third-order valence-corrected chi connectivity index (χ3v) is 2.09. The van der Waals surface area contributed by atoms with Crippen LogP contribution in [-0.4, -0.2) is 17.7 Å². The number of carboxylic acids is 1. The molecule has 0 aliphatic rings. The van der Waals surface area contributed by atoms with Crippen molar-refractivity contribution in [2.45, 2.75) is 6.42 Å². The summed E-state index contributed by atoms with van der Waals surface area (Å²) in [5, 5.41) is 8.37. The molecule has 0 saturated carbocycles. The van der Waals surface area contributed by atoms with Crippen molar-refractivity contribution in [3.05, 3.63) is 40.9 Å². The molecule has 1 N–H and O–H groups in total. The minimum atomic E-state index is -0.839. The maximum atomic E-state index is 10.2. The molecule has 15 heavy (non-hydrogen) atoms. The second-order valence-electron chi connectivity index (χ2n) is 2.84. The van der Waals surface area contributed by atoms with E-state index in [-0.39, 0.29) is 6.42 Å². The lowest BCUT2D eigenvalue weighted by atomic mass is 10.3. The standard InChI is InChI=1S/C11H11BrO3/c12-9-4-3-5-10(8-9)15-7-2-1-6-11(13)14/h1-5,8H,6-7H2,(H,13,14)/b2-1+. The quantitative estimate of drug-likeness (QED) is 0.837. The lowest BCUT2D eigenvalue weighted by Gasteiger charge is -2.02. The smallest absolute Gasteiger partial charge is 0.307 e. The number of benzene rings is 1. The average Bonchev–Trinajstić information content (AvgIpc) is 2.17. The van der Waals surface area contributed by atoms with Crippen LogP contribution in [0.2, 0.25) is 0 Å². The van der Waals surface area contributed by atoms with Gasteiger partial charge in [0.15, 0.2) is 0 Å². The van der Waals surface area contributed by atoms with Crippen molar-refractivity contribution in [3.8, 4) is 5.75 Å². The SMILES string of the molecule is O=C(O)C/C=C/COc1cccc(Br)c1. The summed E-state index contributed by atoms with van der Waals surface area (Å²) in [6, 6.07) is 7.48. The lowest BCUT2D eigenvalue weighted by Crippen LogP contribution is -1.94. The normalized spacial score (nSPS) is 10.5. The molecule has 1 rings (SSSR count). The van der Waals surface area contributed by atoms with Gasteiger partial charge in [-0.05, 0) is 18.2 Å². The zero-order valence-corrected chi connectivity index (χ0v) is 9.61. The maximum absolute atomic E-state index is 10.2. The molecule has 1 aromatic carbocycles. The first-order valence-corrected chi connectivity index (χ1v) is 5.23. The Morgan fingerprint density at radius 1 is 1.47 bits per heavy atom. The fraction of sp³-hybridized carbons (Fsp3) is 0.182. The van der Waals surface area contributed by atoms with Crippen molar-refractivity contribution < 1.29 is 14.6 Å². The molecule has 0 saturated heterocycles. The fourth-order valence-corrected chi connectivity index (χ4v) is 1.33. The van der Waals surface area contributed by atoms with Crippen molar-refractivity contribution in [2.75, 3.05) is 6.61 Å². The monoisotopic (exact) mass is 270 g/mol. The molecule has 0 amide bonds. The van der Waals surface area contributed by atoms with Gasteiger partial charge in [-0.1, -0.05) is 34.1 Å². The van der Waals surface area contributed by atoms with Gasteiger partial charge in [0, 0.05) is 4.47 Å². The van der Waals surface area contributed by atoms with Gasteiger partial charge in [-0.25, -0.2) is 0 Å². The highest BCUT2D eigenvalue weighted by Crippen LogP contribution is 2.17. The second-order valence-corrected chi connectivity index (χ2v) is 3.75. The summed E-state index contributed by atoms with van der Waals surface area (Å²) < 4.78 is 6.31. The second kappa shape index (κ2) is 6.24. The van der Waals surface area contributed by atoms with E-state index in [4.69, 9.17) is 9.84 Å². The van der Waals surface area contributed by atoms with E-state index in [9.17, 15) is 4.79 Å². The van der Waals surface area contributed by atoms with Gasteiger partial charge in [-0.3, -0.25) is 4.79 Å². The van der Waals surface area contributed by atoms with Gasteiger partial charge in [0.1, 0.15) is 12.4 Å². The summed E-state index contributed by atoms with van der Waals surface area (Å²) in [6.45, 7) is 0.379. The van der Waals surface area contributed by atoms with Crippen molar-refractivity contribution in [2.24, 2.45) is 0 Å². The number of aliphatic carboxylic acids is 1. The molecule has 0 aliphatic heterocycles. The van der Waals surface area contributed by atoms with Crippen LogP contribution in [0.1, 0.15) is 6.42 Å². The predicted molar refractivity (Wildman–Crippen MR) is 61.0 cm³/mol. The molecule has 0 aliphatic carbocycles. The molecule has 4 heteroatoms. The van der Waals surface area contributed by atoms with E-state index in [2.05, 4.69) is 15.9 Å². The van der Waals surface area contributed by atoms with Gasteiger partial charge in [0.05, 0.1) is 6.42 Å². The van der Waals surface area contributed by atoms with Crippen molar-refractivity contribution in [3.63, 3.8) is 0 Å². The van der Waals surface area contributed by atoms with E-state index in [0.717, 1.165) is 10.2 Å². The van der Waals surface area contributed by atoms with Gasteiger partial charge < -0.3 is 9.84 Å². The average molecular weight is 271 g/mol. The summed E-state index contributed by atoms with van der Waals surface area (Å²) in [4.78, 5) is 10.2. The van der Waals surface area contributed by atoms with Crippen LogP contribution in [0.3, 0.4) is 0 Å². The maximum Gasteiger partial charge on any atom is 0.307 e. The molecule has 0 fully saturated rings. The molecule has 0 heterocycles. The Labute approximate surface area is 96.5 Å². The van der Waals surface area contributed by atoms with E-state index in [1.807, 2.05) is 24.3 Å². The fourth-order valence-electron chi connectivity index (χ4n) is 0.953. The van der Waals surface area contributed by atoms with E-state index >= 15 is 0 Å². The predicted octanol–water partition coefficient (Wildman–Crippen LogP) is 2.86. The van der Waals surface area contributed by atoms with Crippen LogP contribution in [0.25, 0.3) is 0 Å². The van der Waals surface area contributed by atoms with Crippen LogP contribution in [0.5, 0.6) is 5.75 Å². The summed E-state index contributed by atoms with van der Waals surface area (Å²) in [7, 11) is 0. The molecule has 80 valence electrons. The van der Waals surface area contributed by atoms with E-state index in [0.29, 0.717) is 6.61 Å². The van der Waals surface area contributed by atoms with Gasteiger partial charge in [-0.15, -0.1) is 0 Å². The highest BCUT2D eigenvalue weighted by molar-refractivity contribution is 9.10. The van der Waals surface area contributed by atoms with Crippen molar-refractivity contribution >= 4 is 21.9 Å². The lowest BCUT2D eigenvalue weighted by molar-refractivity contribution is -0.136. The van der Waals surface area contributed by atoms with Crippen molar-refractivity contribution in [1.82, 2.24) is 0 Å². The Hall–Kier alpha value is -1.29. The first-order valence-electron chi connectivity index (χ1n) is 4.43. The zero-order valence-electron chi connectivity index (χ0n) is 8.02. The number of ether oxygens (including phenoxy) is 1. The number of halogens is 1. The highest BCUT2D eigenvalue weighted by Gasteiger charge is 1.92. The van der Waals surface area contributed by atoms with Crippen LogP contribution >= 0.6 is 15.9 Å². The Bertz CT molecular complexity index is 361. The Morgan fingerprint density at radius 3 is 2.93 bits per heavy atom. The van der Waals surface area contributed by atoms with Crippen LogP contribution in [0.15, 0.2) is 40.9 Å². The number of hydrogen-bond donors (Lipinski definition) is 1. The summed E-state index contributed by atoms with van der Waals surface area (Å²) in [6.07, 6.45) is 3.29. The Balaban J connectivity index is 2.31. The highest BCUT2D eigenvalue weighted by atomic mass is 79.9. The molecule has 0 unspecified atom stereocenters. The molecule has 1 aromatic rings. The van der Waals surface area contributed by atoms with E-state index in [1.54, 1.807) is 12.2 Å². The minimum Gasteiger partial charge on any atom is -0.490 e. The number of carbonyl (C=O) groups is 1. The molecule has 0 aromatic heterocycles. The molecular formula is C11H11BrO3. The molecule has 0 atom stereocenters. The Kier molecular flexibility index (Phi) is 4.90. The van der Waals surface area contributed by atoms with Crippen LogP contribution in [0.4, 0.5) is 0 Å². The topological polar surface area (TPSA) is 46.5 Å². The molecule has 0 radical (unpaired) electrons. The summed E-state index contributed by atoms with van der Waals surface area (Å²) in [5.41, 5.74) is 0. The third-order valence-electron chi connectivity index (χ3n) is 1.60. The molecule has 3 nitrogen and oxygen atoms in total. The summed E-state index contributed by atoms with van der Waals surface area (Å²) >= 11 is 3.33. The van der Waals surface area contributed by atoms with Gasteiger partial charge in [0.2, 0.25) is 0 Å². The minimum absolute atomic E-state index is 0.0296. The molecule has 0 spiro atoms. The zero-order chi connectivity index (χ0) is 11.1. The molecule has 0 bridgehead atoms. The first-order chi connectivity index (χ1) is 7.18. The van der Waals surface area contributed by atoms with E-state index in [1.165, 1.54) is 0 Å². The van der Waals surface area contributed by atoms with Crippen LogP contribution in [-0.2, 0) is 4.79 Å². The van der Waals surface area contributed by atoms with E-state index < -0.39 is 5.97 Å². The number of rotatable bonds is 5. The van der Waals surface area contributed by atoms with Crippen LogP contribution in [0, 0.1) is 0 Å². The van der Waals surface area contributed by atoms with Gasteiger partial charge in [0.25, 0.3) is 0 Å². The van der Waals surface area contributed by atoms with Crippen LogP contribution < -0.4 is 4.74 Å². The van der Waals surface area contributed by atoms with Gasteiger partial charge in [-0.2, -0.15) is 0 Å². The summed E-state index contributed by atoms with van der Waals surface area (Å²) in [5.74, 6) is -0.0851. The first kappa shape index (κ1) is 11.8. The van der Waals surface area contributed by atoms with Gasteiger partial charge >= 0.3 is 5.97 Å². The largest absolute Gasteiger partial charge is 0.490 e. The Morgan fingerprint density at radius 2 is 2.27 bits per heavy atom.